The number of amides is 2. The van der Waals surface area contributed by atoms with E-state index in [9.17, 15) is 9.59 Å². The molecule has 2 N–H and O–H groups in total. The van der Waals surface area contributed by atoms with Gasteiger partial charge in [0.05, 0.1) is 0 Å². The summed E-state index contributed by atoms with van der Waals surface area (Å²) in [6.45, 7) is 10.00. The Balaban J connectivity index is 2.88. The van der Waals surface area contributed by atoms with Gasteiger partial charge in [0.25, 0.3) is 0 Å². The molecule has 1 aromatic carbocycles. The van der Waals surface area contributed by atoms with E-state index in [4.69, 9.17) is 0 Å². The van der Waals surface area contributed by atoms with Crippen LogP contribution in [-0.4, -0.2) is 18.4 Å². The zero-order valence-corrected chi connectivity index (χ0v) is 13.6. The summed E-state index contributed by atoms with van der Waals surface area (Å²) in [5, 5.41) is 5.67. The molecular formula is C17H26N2O2. The third kappa shape index (κ3) is 4.31. The number of para-hydroxylation sites is 1. The molecule has 0 unspecified atom stereocenters. The lowest BCUT2D eigenvalue weighted by Crippen LogP contribution is -2.45. The van der Waals surface area contributed by atoms with E-state index in [1.54, 1.807) is 13.8 Å². The molecule has 0 saturated heterocycles. The van der Waals surface area contributed by atoms with Gasteiger partial charge in [-0.2, -0.15) is 0 Å². The Bertz CT molecular complexity index is 507. The molecule has 1 rings (SSSR count). The second kappa shape index (κ2) is 7.25. The van der Waals surface area contributed by atoms with Gasteiger partial charge in [0.15, 0.2) is 0 Å². The number of benzene rings is 1. The molecule has 0 aliphatic carbocycles. The Morgan fingerprint density at radius 3 is 2.33 bits per heavy atom. The third-order valence-electron chi connectivity index (χ3n) is 3.50. The standard InChI is InChI=1S/C17H26N2O2/c1-6-11-18-15(20)17(4,5)16(21)19-14-10-8-7-9-13(14)12(2)3/h7-10,12H,6,11H2,1-5H3,(H,18,20)(H,19,21). The molecule has 0 spiro atoms. The van der Waals surface area contributed by atoms with Crippen molar-refractivity contribution >= 4 is 17.5 Å². The van der Waals surface area contributed by atoms with Crippen molar-refractivity contribution in [2.75, 3.05) is 11.9 Å². The monoisotopic (exact) mass is 290 g/mol. The first kappa shape index (κ1) is 17.2. The predicted molar refractivity (Wildman–Crippen MR) is 86.2 cm³/mol. The van der Waals surface area contributed by atoms with Gasteiger partial charge in [-0.3, -0.25) is 9.59 Å². The van der Waals surface area contributed by atoms with Crippen LogP contribution in [0.2, 0.25) is 0 Å². The van der Waals surface area contributed by atoms with Crippen LogP contribution < -0.4 is 10.6 Å². The van der Waals surface area contributed by atoms with Gasteiger partial charge in [0.2, 0.25) is 11.8 Å². The van der Waals surface area contributed by atoms with Crippen molar-refractivity contribution in [1.29, 1.82) is 0 Å². The molecule has 1 aromatic rings. The van der Waals surface area contributed by atoms with E-state index in [-0.39, 0.29) is 11.8 Å². The minimum absolute atomic E-state index is 0.246. The van der Waals surface area contributed by atoms with Crippen LogP contribution in [0.25, 0.3) is 0 Å². The van der Waals surface area contributed by atoms with Crippen molar-refractivity contribution in [1.82, 2.24) is 5.32 Å². The maximum atomic E-state index is 12.4. The van der Waals surface area contributed by atoms with Crippen molar-refractivity contribution in [3.8, 4) is 0 Å². The lowest BCUT2D eigenvalue weighted by Gasteiger charge is -2.24. The van der Waals surface area contributed by atoms with E-state index in [0.29, 0.717) is 12.5 Å². The number of anilines is 1. The molecule has 0 aliphatic rings. The van der Waals surface area contributed by atoms with E-state index in [0.717, 1.165) is 17.7 Å². The molecular weight excluding hydrogens is 264 g/mol. The molecule has 0 radical (unpaired) electrons. The average Bonchev–Trinajstić information content (AvgIpc) is 2.44. The number of carbonyl (C=O) groups is 2. The van der Waals surface area contributed by atoms with E-state index in [2.05, 4.69) is 24.5 Å². The van der Waals surface area contributed by atoms with Gasteiger partial charge in [-0.1, -0.05) is 39.0 Å². The molecule has 116 valence electrons. The minimum Gasteiger partial charge on any atom is -0.355 e. The minimum atomic E-state index is -1.10. The van der Waals surface area contributed by atoms with E-state index < -0.39 is 5.41 Å². The number of hydrogen-bond acceptors (Lipinski definition) is 2. The van der Waals surface area contributed by atoms with Gasteiger partial charge in [0.1, 0.15) is 5.41 Å². The van der Waals surface area contributed by atoms with Crippen molar-refractivity contribution < 1.29 is 9.59 Å². The SMILES string of the molecule is CCCNC(=O)C(C)(C)C(=O)Nc1ccccc1C(C)C. The van der Waals surface area contributed by atoms with Gasteiger partial charge in [-0.05, 0) is 37.8 Å². The lowest BCUT2D eigenvalue weighted by atomic mass is 9.90. The van der Waals surface area contributed by atoms with Crippen molar-refractivity contribution in [3.63, 3.8) is 0 Å². The zero-order valence-electron chi connectivity index (χ0n) is 13.6. The molecule has 0 fully saturated rings. The van der Waals surface area contributed by atoms with Crippen LogP contribution in [0.1, 0.15) is 52.5 Å². The molecule has 2 amide bonds. The van der Waals surface area contributed by atoms with Crippen LogP contribution in [0.15, 0.2) is 24.3 Å². The summed E-state index contributed by atoms with van der Waals surface area (Å²) in [5.41, 5.74) is 0.740. The van der Waals surface area contributed by atoms with E-state index in [1.165, 1.54) is 0 Å². The lowest BCUT2D eigenvalue weighted by molar-refractivity contribution is -0.138. The molecule has 21 heavy (non-hydrogen) atoms. The summed E-state index contributed by atoms with van der Waals surface area (Å²) in [6.07, 6.45) is 0.847. The Hall–Kier alpha value is -1.84. The molecule has 4 nitrogen and oxygen atoms in total. The Morgan fingerprint density at radius 1 is 1.14 bits per heavy atom. The summed E-state index contributed by atoms with van der Waals surface area (Å²) >= 11 is 0. The zero-order chi connectivity index (χ0) is 16.0. The first-order valence-corrected chi connectivity index (χ1v) is 7.49. The fraction of sp³-hybridized carbons (Fsp3) is 0.529. The summed E-state index contributed by atoms with van der Waals surface area (Å²) in [6, 6.07) is 7.69. The molecule has 0 heterocycles. The Labute approximate surface area is 127 Å². The topological polar surface area (TPSA) is 58.2 Å². The fourth-order valence-electron chi connectivity index (χ4n) is 1.96. The first-order chi connectivity index (χ1) is 9.80. The predicted octanol–water partition coefficient (Wildman–Crippen LogP) is 3.30. The second-order valence-electron chi connectivity index (χ2n) is 6.08. The average molecular weight is 290 g/mol. The maximum Gasteiger partial charge on any atom is 0.239 e. The van der Waals surface area contributed by atoms with Crippen LogP contribution in [0.3, 0.4) is 0 Å². The summed E-state index contributed by atoms with van der Waals surface area (Å²) in [7, 11) is 0. The Kier molecular flexibility index (Phi) is 5.94. The van der Waals surface area contributed by atoms with E-state index in [1.807, 2.05) is 31.2 Å². The summed E-state index contributed by atoms with van der Waals surface area (Å²) in [4.78, 5) is 24.5. The van der Waals surface area contributed by atoms with Crippen LogP contribution in [0, 0.1) is 5.41 Å². The summed E-state index contributed by atoms with van der Waals surface area (Å²) in [5.74, 6) is -0.230. The van der Waals surface area contributed by atoms with Gasteiger partial charge in [0, 0.05) is 12.2 Å². The van der Waals surface area contributed by atoms with Crippen LogP contribution in [-0.2, 0) is 9.59 Å². The van der Waals surface area contributed by atoms with Crippen molar-refractivity contribution in [2.24, 2.45) is 5.41 Å². The van der Waals surface area contributed by atoms with E-state index >= 15 is 0 Å². The first-order valence-electron chi connectivity index (χ1n) is 7.49. The second-order valence-corrected chi connectivity index (χ2v) is 6.08. The van der Waals surface area contributed by atoms with Crippen LogP contribution in [0.4, 0.5) is 5.69 Å². The van der Waals surface area contributed by atoms with Crippen LogP contribution in [0.5, 0.6) is 0 Å². The van der Waals surface area contributed by atoms with Crippen molar-refractivity contribution in [2.45, 2.75) is 47.0 Å². The van der Waals surface area contributed by atoms with Gasteiger partial charge in [-0.25, -0.2) is 0 Å². The number of nitrogens with one attached hydrogen (secondary N) is 2. The number of carbonyl (C=O) groups excluding carboxylic acids is 2. The third-order valence-corrected chi connectivity index (χ3v) is 3.50. The van der Waals surface area contributed by atoms with Crippen molar-refractivity contribution in [3.05, 3.63) is 29.8 Å². The highest BCUT2D eigenvalue weighted by Crippen LogP contribution is 2.26. The smallest absolute Gasteiger partial charge is 0.239 e. The fourth-order valence-corrected chi connectivity index (χ4v) is 1.96. The maximum absolute atomic E-state index is 12.4. The highest BCUT2D eigenvalue weighted by atomic mass is 16.2. The molecule has 0 aromatic heterocycles. The quantitative estimate of drug-likeness (QED) is 0.790. The van der Waals surface area contributed by atoms with Gasteiger partial charge < -0.3 is 10.6 Å². The highest BCUT2D eigenvalue weighted by molar-refractivity contribution is 6.10. The molecule has 0 atom stereocenters. The normalized spacial score (nSPS) is 11.3. The highest BCUT2D eigenvalue weighted by Gasteiger charge is 2.36. The van der Waals surface area contributed by atoms with Gasteiger partial charge in [-0.15, -0.1) is 0 Å². The molecule has 0 aliphatic heterocycles. The number of rotatable bonds is 6. The molecule has 4 heteroatoms. The largest absolute Gasteiger partial charge is 0.355 e. The molecule has 0 saturated carbocycles. The summed E-state index contributed by atoms with van der Waals surface area (Å²) < 4.78 is 0. The van der Waals surface area contributed by atoms with Gasteiger partial charge >= 0.3 is 0 Å². The number of hydrogen-bond donors (Lipinski definition) is 2. The van der Waals surface area contributed by atoms with Crippen LogP contribution >= 0.6 is 0 Å². The molecule has 0 bridgehead atoms. The Morgan fingerprint density at radius 2 is 1.76 bits per heavy atom.